The number of hydrogen-bond donors (Lipinski definition) is 1. The molecule has 1 aliphatic carbocycles. The summed E-state index contributed by atoms with van der Waals surface area (Å²) in [6.45, 7) is 2.24. The van der Waals surface area contributed by atoms with Crippen LogP contribution in [0.3, 0.4) is 0 Å². The lowest BCUT2D eigenvalue weighted by Gasteiger charge is -2.26. The lowest BCUT2D eigenvalue weighted by Crippen LogP contribution is -2.37. The highest BCUT2D eigenvalue weighted by Gasteiger charge is 2.20. The van der Waals surface area contributed by atoms with Crippen LogP contribution in [0.1, 0.15) is 84.0 Å². The Morgan fingerprint density at radius 3 is 2.21 bits per heavy atom. The van der Waals surface area contributed by atoms with Gasteiger partial charge in [-0.1, -0.05) is 61.4 Å². The van der Waals surface area contributed by atoms with Crippen LogP contribution in [0.15, 0.2) is 0 Å². The zero-order chi connectivity index (χ0) is 13.9. The summed E-state index contributed by atoms with van der Waals surface area (Å²) in [5.74, 6) is 0.270. The van der Waals surface area contributed by atoms with Crippen LogP contribution in [0.2, 0.25) is 0 Å². The average molecular weight is 332 g/mol. The van der Waals surface area contributed by atoms with Crippen LogP contribution in [0.5, 0.6) is 0 Å². The van der Waals surface area contributed by atoms with E-state index in [0.29, 0.717) is 10.9 Å². The monoisotopic (exact) mass is 331 g/mol. The predicted octanol–water partition coefficient (Wildman–Crippen LogP) is 4.95. The van der Waals surface area contributed by atoms with E-state index in [1.807, 2.05) is 0 Å². The van der Waals surface area contributed by atoms with Crippen molar-refractivity contribution in [3.05, 3.63) is 0 Å². The molecule has 0 saturated heterocycles. The highest BCUT2D eigenvalue weighted by Crippen LogP contribution is 2.24. The standard InChI is InChI=1S/C16H30BrNO/c1-2-3-4-5-6-7-8-9-16(19)18-15-12-10-14(17)11-13-15/h14-15H,2-13H2,1H3,(H,18,19). The van der Waals surface area contributed by atoms with E-state index in [-0.39, 0.29) is 5.91 Å². The number of hydrogen-bond acceptors (Lipinski definition) is 1. The maximum atomic E-state index is 11.8. The van der Waals surface area contributed by atoms with E-state index < -0.39 is 0 Å². The zero-order valence-corrected chi connectivity index (χ0v) is 14.0. The number of rotatable bonds is 9. The van der Waals surface area contributed by atoms with Gasteiger partial charge in [0.25, 0.3) is 0 Å². The van der Waals surface area contributed by atoms with Gasteiger partial charge in [0.05, 0.1) is 0 Å². The molecule has 19 heavy (non-hydrogen) atoms. The molecule has 1 rings (SSSR count). The van der Waals surface area contributed by atoms with Gasteiger partial charge in [-0.15, -0.1) is 0 Å². The van der Waals surface area contributed by atoms with Crippen LogP contribution in [0.4, 0.5) is 0 Å². The molecule has 1 amide bonds. The number of nitrogens with one attached hydrogen (secondary N) is 1. The second-order valence-electron chi connectivity index (χ2n) is 5.89. The third kappa shape index (κ3) is 8.67. The van der Waals surface area contributed by atoms with Crippen molar-refractivity contribution in [2.45, 2.75) is 94.8 Å². The van der Waals surface area contributed by atoms with Crippen LogP contribution in [-0.2, 0) is 4.79 Å². The van der Waals surface area contributed by atoms with Gasteiger partial charge < -0.3 is 5.32 Å². The van der Waals surface area contributed by atoms with E-state index in [4.69, 9.17) is 0 Å². The van der Waals surface area contributed by atoms with Crippen LogP contribution in [0.25, 0.3) is 0 Å². The van der Waals surface area contributed by atoms with Crippen molar-refractivity contribution in [1.29, 1.82) is 0 Å². The van der Waals surface area contributed by atoms with Gasteiger partial charge in [0, 0.05) is 17.3 Å². The SMILES string of the molecule is CCCCCCCCCC(=O)NC1CCC(Br)CC1. The molecule has 1 saturated carbocycles. The number of amides is 1. The predicted molar refractivity (Wildman–Crippen MR) is 85.7 cm³/mol. The maximum absolute atomic E-state index is 11.8. The summed E-state index contributed by atoms with van der Waals surface area (Å²) in [6.07, 6.45) is 14.3. The molecular formula is C16H30BrNO. The van der Waals surface area contributed by atoms with Crippen molar-refractivity contribution in [2.75, 3.05) is 0 Å². The Balaban J connectivity index is 1.93. The number of carbonyl (C=O) groups excluding carboxylic acids is 1. The summed E-state index contributed by atoms with van der Waals surface area (Å²) >= 11 is 3.65. The quantitative estimate of drug-likeness (QED) is 0.470. The Morgan fingerprint density at radius 1 is 1.00 bits per heavy atom. The molecular weight excluding hydrogens is 302 g/mol. The maximum Gasteiger partial charge on any atom is 0.220 e. The van der Waals surface area contributed by atoms with Gasteiger partial charge in [0.2, 0.25) is 5.91 Å². The molecule has 1 fully saturated rings. The first-order valence-electron chi connectivity index (χ1n) is 8.15. The van der Waals surface area contributed by atoms with Crippen molar-refractivity contribution < 1.29 is 4.79 Å². The van der Waals surface area contributed by atoms with E-state index in [0.717, 1.165) is 25.7 Å². The molecule has 1 aliphatic rings. The van der Waals surface area contributed by atoms with Gasteiger partial charge in [0.1, 0.15) is 0 Å². The summed E-state index contributed by atoms with van der Waals surface area (Å²) in [7, 11) is 0. The smallest absolute Gasteiger partial charge is 0.220 e. The molecule has 0 bridgehead atoms. The van der Waals surface area contributed by atoms with Gasteiger partial charge >= 0.3 is 0 Å². The van der Waals surface area contributed by atoms with E-state index in [2.05, 4.69) is 28.2 Å². The first-order valence-corrected chi connectivity index (χ1v) is 9.07. The first-order chi connectivity index (χ1) is 9.22. The van der Waals surface area contributed by atoms with Gasteiger partial charge in [-0.25, -0.2) is 0 Å². The molecule has 1 N–H and O–H groups in total. The Bertz CT molecular complexity index is 237. The molecule has 2 nitrogen and oxygen atoms in total. The second-order valence-corrected chi connectivity index (χ2v) is 7.18. The first kappa shape index (κ1) is 17.0. The van der Waals surface area contributed by atoms with E-state index >= 15 is 0 Å². The largest absolute Gasteiger partial charge is 0.353 e. The topological polar surface area (TPSA) is 29.1 Å². The lowest BCUT2D eigenvalue weighted by molar-refractivity contribution is -0.122. The van der Waals surface area contributed by atoms with Crippen LogP contribution < -0.4 is 5.32 Å². The summed E-state index contributed by atoms with van der Waals surface area (Å²) in [6, 6.07) is 0.436. The van der Waals surface area contributed by atoms with Crippen molar-refractivity contribution >= 4 is 21.8 Å². The molecule has 0 radical (unpaired) electrons. The van der Waals surface area contributed by atoms with Gasteiger partial charge in [-0.05, 0) is 32.1 Å². The fourth-order valence-corrected chi connectivity index (χ4v) is 3.27. The minimum absolute atomic E-state index is 0.270. The summed E-state index contributed by atoms with van der Waals surface area (Å²) in [4.78, 5) is 12.5. The fourth-order valence-electron chi connectivity index (χ4n) is 2.74. The molecule has 0 unspecified atom stereocenters. The van der Waals surface area contributed by atoms with Gasteiger partial charge in [-0.2, -0.15) is 0 Å². The number of halogens is 1. The van der Waals surface area contributed by atoms with E-state index in [1.54, 1.807) is 0 Å². The van der Waals surface area contributed by atoms with Gasteiger partial charge in [0.15, 0.2) is 0 Å². The van der Waals surface area contributed by atoms with Crippen molar-refractivity contribution in [2.24, 2.45) is 0 Å². The number of unbranched alkanes of at least 4 members (excludes halogenated alkanes) is 6. The third-order valence-electron chi connectivity index (χ3n) is 4.03. The molecule has 0 aromatic heterocycles. The van der Waals surface area contributed by atoms with E-state index in [9.17, 15) is 4.79 Å². The third-order valence-corrected chi connectivity index (χ3v) is 4.94. The highest BCUT2D eigenvalue weighted by molar-refractivity contribution is 9.09. The van der Waals surface area contributed by atoms with E-state index in [1.165, 1.54) is 51.4 Å². The number of alkyl halides is 1. The highest BCUT2D eigenvalue weighted by atomic mass is 79.9. The zero-order valence-electron chi connectivity index (χ0n) is 12.4. The average Bonchev–Trinajstić information content (AvgIpc) is 2.40. The minimum atomic E-state index is 0.270. The molecule has 0 heterocycles. The molecule has 3 heteroatoms. The Kier molecular flexibility index (Phi) is 9.58. The normalized spacial score (nSPS) is 23.3. The molecule has 0 aliphatic heterocycles. The van der Waals surface area contributed by atoms with Crippen molar-refractivity contribution in [3.8, 4) is 0 Å². The molecule has 0 aromatic rings. The fraction of sp³-hybridized carbons (Fsp3) is 0.938. The van der Waals surface area contributed by atoms with Crippen LogP contribution >= 0.6 is 15.9 Å². The lowest BCUT2D eigenvalue weighted by atomic mass is 9.95. The van der Waals surface area contributed by atoms with Crippen LogP contribution in [-0.4, -0.2) is 16.8 Å². The Morgan fingerprint density at radius 2 is 1.58 bits per heavy atom. The minimum Gasteiger partial charge on any atom is -0.353 e. The van der Waals surface area contributed by atoms with Crippen LogP contribution in [0, 0.1) is 0 Å². The summed E-state index contributed by atoms with van der Waals surface area (Å²) < 4.78 is 0. The Hall–Kier alpha value is -0.0500. The molecule has 0 atom stereocenters. The van der Waals surface area contributed by atoms with Gasteiger partial charge in [-0.3, -0.25) is 4.79 Å². The summed E-state index contributed by atoms with van der Waals surface area (Å²) in [5, 5.41) is 3.19. The Labute approximate surface area is 127 Å². The number of carbonyl (C=O) groups is 1. The molecule has 0 aromatic carbocycles. The molecule has 0 spiro atoms. The van der Waals surface area contributed by atoms with Crippen molar-refractivity contribution in [1.82, 2.24) is 5.32 Å². The molecule has 112 valence electrons. The van der Waals surface area contributed by atoms with Crippen molar-refractivity contribution in [3.63, 3.8) is 0 Å². The second kappa shape index (κ2) is 10.7. The summed E-state index contributed by atoms with van der Waals surface area (Å²) in [5.41, 5.74) is 0.